The van der Waals surface area contributed by atoms with Gasteiger partial charge in [-0.2, -0.15) is 11.8 Å². The van der Waals surface area contributed by atoms with Gasteiger partial charge in [-0.3, -0.25) is 4.79 Å². The van der Waals surface area contributed by atoms with E-state index in [9.17, 15) is 4.79 Å². The van der Waals surface area contributed by atoms with Crippen molar-refractivity contribution >= 4 is 40.0 Å². The van der Waals surface area contributed by atoms with Gasteiger partial charge in [-0.1, -0.05) is 35.9 Å². The van der Waals surface area contributed by atoms with Crippen molar-refractivity contribution in [3.63, 3.8) is 0 Å². The van der Waals surface area contributed by atoms with Gasteiger partial charge in [0.05, 0.1) is 5.56 Å². The molecular weight excluding hydrogens is 292 g/mol. The fraction of sp³-hybridized carbons (Fsp3) is 0.333. The van der Waals surface area contributed by atoms with Crippen LogP contribution in [0, 0.1) is 0 Å². The van der Waals surface area contributed by atoms with Crippen molar-refractivity contribution in [2.24, 2.45) is 0 Å². The van der Waals surface area contributed by atoms with Crippen LogP contribution in [0.15, 0.2) is 30.5 Å². The second-order valence-electron chi connectivity index (χ2n) is 4.77. The quantitative estimate of drug-likeness (QED) is 0.756. The molecule has 1 aliphatic rings. The Balaban J connectivity index is 2.01. The number of thioether (sulfide) groups is 1. The standard InChI is InChI=1S/C15H15ClN2OS/c16-14-12-5-2-1-4-11(12)13(10-17-14)15(19)18-6-3-8-20-9-7-18/h1-2,4-5,10H,3,6-9H2. The lowest BCUT2D eigenvalue weighted by molar-refractivity contribution is 0.0770. The van der Waals surface area contributed by atoms with Crippen LogP contribution in [0.1, 0.15) is 16.8 Å². The number of carbonyl (C=O) groups is 1. The second-order valence-corrected chi connectivity index (χ2v) is 6.35. The molecule has 1 aromatic carbocycles. The maximum Gasteiger partial charge on any atom is 0.256 e. The van der Waals surface area contributed by atoms with Crippen LogP contribution in [-0.4, -0.2) is 40.4 Å². The van der Waals surface area contributed by atoms with E-state index in [1.165, 1.54) is 0 Å². The fourth-order valence-electron chi connectivity index (χ4n) is 2.45. The minimum Gasteiger partial charge on any atom is -0.338 e. The molecular formula is C15H15ClN2OS. The molecule has 2 heterocycles. The van der Waals surface area contributed by atoms with E-state index in [2.05, 4.69) is 4.98 Å². The Hall–Kier alpha value is -1.26. The predicted molar refractivity (Wildman–Crippen MR) is 84.6 cm³/mol. The molecule has 104 valence electrons. The van der Waals surface area contributed by atoms with Crippen LogP contribution >= 0.6 is 23.4 Å². The lowest BCUT2D eigenvalue weighted by Gasteiger charge is -2.20. The van der Waals surface area contributed by atoms with Crippen LogP contribution in [-0.2, 0) is 0 Å². The molecule has 0 unspecified atom stereocenters. The highest BCUT2D eigenvalue weighted by molar-refractivity contribution is 7.99. The average molecular weight is 307 g/mol. The normalized spacial score (nSPS) is 16.1. The first-order valence-corrected chi connectivity index (χ1v) is 8.21. The Morgan fingerprint density at radius 3 is 2.85 bits per heavy atom. The number of benzene rings is 1. The molecule has 0 bridgehead atoms. The van der Waals surface area contributed by atoms with E-state index >= 15 is 0 Å². The van der Waals surface area contributed by atoms with Gasteiger partial charge in [0.15, 0.2) is 0 Å². The largest absolute Gasteiger partial charge is 0.338 e. The third-order valence-electron chi connectivity index (χ3n) is 3.49. The molecule has 0 radical (unpaired) electrons. The van der Waals surface area contributed by atoms with Crippen LogP contribution in [0.2, 0.25) is 5.15 Å². The number of carbonyl (C=O) groups excluding carboxylic acids is 1. The van der Waals surface area contributed by atoms with Crippen molar-refractivity contribution < 1.29 is 4.79 Å². The van der Waals surface area contributed by atoms with E-state index in [0.29, 0.717) is 10.7 Å². The minimum absolute atomic E-state index is 0.0628. The highest BCUT2D eigenvalue weighted by Crippen LogP contribution is 2.25. The van der Waals surface area contributed by atoms with Gasteiger partial charge in [0.2, 0.25) is 0 Å². The van der Waals surface area contributed by atoms with Crippen molar-refractivity contribution in [3.8, 4) is 0 Å². The fourth-order valence-corrected chi connectivity index (χ4v) is 3.55. The van der Waals surface area contributed by atoms with Crippen LogP contribution in [0.4, 0.5) is 0 Å². The number of fused-ring (bicyclic) bond motifs is 1. The maximum absolute atomic E-state index is 12.7. The van der Waals surface area contributed by atoms with E-state index in [0.717, 1.165) is 41.8 Å². The van der Waals surface area contributed by atoms with Crippen LogP contribution in [0.25, 0.3) is 10.8 Å². The zero-order chi connectivity index (χ0) is 13.9. The first kappa shape index (κ1) is 13.7. The number of halogens is 1. The van der Waals surface area contributed by atoms with Crippen LogP contribution in [0.5, 0.6) is 0 Å². The molecule has 1 aliphatic heterocycles. The summed E-state index contributed by atoms with van der Waals surface area (Å²) in [5.74, 6) is 2.20. The number of aromatic nitrogens is 1. The van der Waals surface area contributed by atoms with Gasteiger partial charge in [0, 0.05) is 30.4 Å². The third kappa shape index (κ3) is 2.63. The summed E-state index contributed by atoms with van der Waals surface area (Å²) < 4.78 is 0. The van der Waals surface area contributed by atoms with Crippen LogP contribution < -0.4 is 0 Å². The van der Waals surface area contributed by atoms with Crippen molar-refractivity contribution in [2.75, 3.05) is 24.6 Å². The molecule has 1 fully saturated rings. The molecule has 5 heteroatoms. The highest BCUT2D eigenvalue weighted by Gasteiger charge is 2.20. The molecule has 3 nitrogen and oxygen atoms in total. The zero-order valence-electron chi connectivity index (χ0n) is 11.0. The number of hydrogen-bond acceptors (Lipinski definition) is 3. The maximum atomic E-state index is 12.7. The average Bonchev–Trinajstić information content (AvgIpc) is 2.76. The van der Waals surface area contributed by atoms with Crippen molar-refractivity contribution in [1.29, 1.82) is 0 Å². The summed E-state index contributed by atoms with van der Waals surface area (Å²) in [5, 5.41) is 2.17. The summed E-state index contributed by atoms with van der Waals surface area (Å²) in [4.78, 5) is 18.8. The number of rotatable bonds is 1. The van der Waals surface area contributed by atoms with Gasteiger partial charge in [0.1, 0.15) is 5.15 Å². The Kier molecular flexibility index (Phi) is 4.13. The first-order valence-electron chi connectivity index (χ1n) is 6.67. The van der Waals surface area contributed by atoms with Gasteiger partial charge in [-0.15, -0.1) is 0 Å². The summed E-state index contributed by atoms with van der Waals surface area (Å²) in [6.07, 6.45) is 2.65. The second kappa shape index (κ2) is 6.02. The predicted octanol–water partition coefficient (Wildman–Crippen LogP) is 3.47. The highest BCUT2D eigenvalue weighted by atomic mass is 35.5. The smallest absolute Gasteiger partial charge is 0.256 e. The van der Waals surface area contributed by atoms with E-state index in [1.54, 1.807) is 6.20 Å². The van der Waals surface area contributed by atoms with E-state index in [1.807, 2.05) is 40.9 Å². The Labute approximate surface area is 127 Å². The van der Waals surface area contributed by atoms with Crippen LogP contribution in [0.3, 0.4) is 0 Å². The summed E-state index contributed by atoms with van der Waals surface area (Å²) >= 11 is 8.01. The zero-order valence-corrected chi connectivity index (χ0v) is 12.6. The summed E-state index contributed by atoms with van der Waals surface area (Å²) in [6.45, 7) is 1.63. The first-order chi connectivity index (χ1) is 9.77. The number of pyridine rings is 1. The molecule has 0 atom stereocenters. The molecule has 3 rings (SSSR count). The summed E-state index contributed by atoms with van der Waals surface area (Å²) in [5.41, 5.74) is 0.650. The molecule has 0 saturated carbocycles. The van der Waals surface area contributed by atoms with Crippen molar-refractivity contribution in [2.45, 2.75) is 6.42 Å². The molecule has 0 N–H and O–H groups in total. The Morgan fingerprint density at radius 2 is 2.00 bits per heavy atom. The SMILES string of the molecule is O=C(c1cnc(Cl)c2ccccc12)N1CCCSCC1. The van der Waals surface area contributed by atoms with Crippen molar-refractivity contribution in [1.82, 2.24) is 9.88 Å². The number of amides is 1. The number of hydrogen-bond donors (Lipinski definition) is 0. The summed E-state index contributed by atoms with van der Waals surface area (Å²) in [7, 11) is 0. The molecule has 20 heavy (non-hydrogen) atoms. The van der Waals surface area contributed by atoms with E-state index in [4.69, 9.17) is 11.6 Å². The van der Waals surface area contributed by atoms with Gasteiger partial charge < -0.3 is 4.90 Å². The Bertz CT molecular complexity index is 639. The third-order valence-corrected chi connectivity index (χ3v) is 4.84. The number of nitrogens with zero attached hydrogens (tertiary/aromatic N) is 2. The van der Waals surface area contributed by atoms with Gasteiger partial charge >= 0.3 is 0 Å². The molecule has 1 saturated heterocycles. The lowest BCUT2D eigenvalue weighted by atomic mass is 10.1. The molecule has 0 aliphatic carbocycles. The van der Waals surface area contributed by atoms with Crippen molar-refractivity contribution in [3.05, 3.63) is 41.2 Å². The lowest BCUT2D eigenvalue weighted by Crippen LogP contribution is -2.33. The topological polar surface area (TPSA) is 33.2 Å². The molecule has 1 aromatic heterocycles. The van der Waals surface area contributed by atoms with E-state index < -0.39 is 0 Å². The van der Waals surface area contributed by atoms with E-state index in [-0.39, 0.29) is 5.91 Å². The summed E-state index contributed by atoms with van der Waals surface area (Å²) in [6, 6.07) is 7.67. The molecule has 0 spiro atoms. The molecule has 1 amide bonds. The van der Waals surface area contributed by atoms with Gasteiger partial charge in [-0.05, 0) is 17.6 Å². The van der Waals surface area contributed by atoms with Gasteiger partial charge in [-0.25, -0.2) is 4.98 Å². The molecule has 2 aromatic rings. The van der Waals surface area contributed by atoms with Gasteiger partial charge in [0.25, 0.3) is 5.91 Å². The monoisotopic (exact) mass is 306 g/mol. The Morgan fingerprint density at radius 1 is 1.20 bits per heavy atom. The minimum atomic E-state index is 0.0628.